The molecule has 5 aliphatic rings. The van der Waals surface area contributed by atoms with Crippen LogP contribution in [0.5, 0.6) is 5.75 Å². The van der Waals surface area contributed by atoms with Crippen LogP contribution in [-0.2, 0) is 77.6 Å². The van der Waals surface area contributed by atoms with E-state index in [0.717, 1.165) is 84.2 Å². The number of aliphatic carboxylic acids is 1. The second-order valence-corrected chi connectivity index (χ2v) is 32.8. The number of hydrogen-bond donors (Lipinski definition) is 7. The van der Waals surface area contributed by atoms with Crippen molar-refractivity contribution in [3.8, 4) is 11.8 Å². The number of anilines is 1. The fourth-order valence-electron chi connectivity index (χ4n) is 13.9. The molecule has 0 saturated carbocycles. The molecule has 572 valence electrons. The minimum absolute atomic E-state index is 0.0222. The Morgan fingerprint density at radius 3 is 2.22 bits per heavy atom. The second kappa shape index (κ2) is 35.0. The minimum atomic E-state index is -4.14. The van der Waals surface area contributed by atoms with Crippen LogP contribution in [0.2, 0.25) is 0 Å². The summed E-state index contributed by atoms with van der Waals surface area (Å²) in [4.78, 5) is 112. The first-order chi connectivity index (χ1) is 50.5. The Balaban J connectivity index is 0.781. The first-order valence-corrected chi connectivity index (χ1v) is 39.8. The molecule has 4 aromatic rings. The number of imide groups is 1. The van der Waals surface area contributed by atoms with Gasteiger partial charge in [0.25, 0.3) is 32.1 Å². The van der Waals surface area contributed by atoms with Gasteiger partial charge in [-0.25, -0.2) is 13.6 Å². The Bertz CT molecular complexity index is 4550. The summed E-state index contributed by atoms with van der Waals surface area (Å²) in [6, 6.07) is 22.1. The van der Waals surface area contributed by atoms with Crippen LogP contribution < -0.4 is 30.9 Å². The third kappa shape index (κ3) is 21.4. The maximum Gasteiger partial charge on any atom is 0.327 e. The number of carbonyl (C=O) groups excluding carboxylic acids is 7. The lowest BCUT2D eigenvalue weighted by Crippen LogP contribution is -2.48. The molecule has 1 aliphatic carbocycles. The summed E-state index contributed by atoms with van der Waals surface area (Å²) >= 11 is 0.866. The van der Waals surface area contributed by atoms with Crippen molar-refractivity contribution in [1.29, 1.82) is 5.26 Å². The number of ether oxygens (including phenoxy) is 1. The monoisotopic (exact) mass is 1530 g/mol. The number of pyridine rings is 1. The second-order valence-electron chi connectivity index (χ2n) is 28.4. The van der Waals surface area contributed by atoms with Crippen molar-refractivity contribution in [3.63, 3.8) is 0 Å². The highest BCUT2D eigenvalue weighted by atomic mass is 32.2. The summed E-state index contributed by atoms with van der Waals surface area (Å²) in [5.41, 5.74) is 9.42. The number of fused-ring (bicyclic) bond motifs is 2. The number of carboxylic acids is 1. The summed E-state index contributed by atoms with van der Waals surface area (Å²) in [6.45, 7) is 11.6. The number of rotatable bonds is 34. The van der Waals surface area contributed by atoms with Gasteiger partial charge in [-0.2, -0.15) is 26.7 Å². The van der Waals surface area contributed by atoms with Crippen molar-refractivity contribution in [1.82, 2.24) is 36.1 Å². The molecule has 7 N–H and O–H groups in total. The number of hydrogen-bond acceptors (Lipinski definition) is 17. The van der Waals surface area contributed by atoms with Gasteiger partial charge in [-0.1, -0.05) is 68.0 Å². The Kier molecular flexibility index (Phi) is 26.7. The number of amides is 7. The largest absolute Gasteiger partial charge is 0.480 e. The first-order valence-electron chi connectivity index (χ1n) is 35.5. The highest BCUT2D eigenvalue weighted by Crippen LogP contribution is 2.49. The number of thioether (sulfide) groups is 1. The Hall–Kier alpha value is -9.48. The lowest BCUT2D eigenvalue weighted by Gasteiger charge is -2.27. The summed E-state index contributed by atoms with van der Waals surface area (Å²) in [6.07, 6.45) is 11.9. The van der Waals surface area contributed by atoms with E-state index in [2.05, 4.69) is 118 Å². The molecule has 5 heterocycles. The van der Waals surface area contributed by atoms with Crippen molar-refractivity contribution in [2.24, 2.45) is 0 Å². The van der Waals surface area contributed by atoms with Crippen LogP contribution in [0.15, 0.2) is 132 Å². The van der Waals surface area contributed by atoms with Crippen LogP contribution >= 0.6 is 11.8 Å². The number of benzene rings is 3. The number of unbranched alkanes of at least 4 members (excludes halogenated alkanes) is 2. The number of likely N-dealkylation sites (tertiary alicyclic amines) is 2. The average Bonchev–Trinajstić information content (AvgIpc) is 1.60. The zero-order valence-electron chi connectivity index (χ0n) is 60.6. The van der Waals surface area contributed by atoms with Gasteiger partial charge in [0.15, 0.2) is 5.71 Å². The van der Waals surface area contributed by atoms with Crippen molar-refractivity contribution >= 4 is 96.4 Å². The van der Waals surface area contributed by atoms with Crippen molar-refractivity contribution in [2.75, 3.05) is 54.9 Å². The summed E-state index contributed by atoms with van der Waals surface area (Å²) < 4.78 is 103. The summed E-state index contributed by atoms with van der Waals surface area (Å²) in [5, 5.41) is 28.3. The quantitative estimate of drug-likeness (QED) is 0.0100. The lowest BCUT2D eigenvalue weighted by molar-refractivity contribution is -0.438. The normalized spacial score (nSPS) is 19.4. The number of alkyl halides is 2. The predicted octanol–water partition coefficient (Wildman–Crippen LogP) is 8.24. The van der Waals surface area contributed by atoms with Crippen LogP contribution in [0, 0.1) is 18.3 Å². The molecule has 3 aromatic carbocycles. The molecule has 31 heteroatoms. The Morgan fingerprint density at radius 1 is 0.813 bits per heavy atom. The van der Waals surface area contributed by atoms with Gasteiger partial charge in [0.2, 0.25) is 41.1 Å². The van der Waals surface area contributed by atoms with E-state index in [9.17, 15) is 83.4 Å². The van der Waals surface area contributed by atoms with Gasteiger partial charge in [0, 0.05) is 110 Å². The number of nitrogens with one attached hydrogen (secondary N) is 4. The van der Waals surface area contributed by atoms with Crippen LogP contribution in [-0.4, -0.2) is 183 Å². The number of aromatic nitrogens is 1. The molecule has 4 aliphatic heterocycles. The molecule has 26 nitrogen and oxygen atoms in total. The van der Waals surface area contributed by atoms with E-state index in [4.69, 9.17) is 4.74 Å². The van der Waals surface area contributed by atoms with Gasteiger partial charge in [-0.3, -0.25) is 52.6 Å². The molecule has 0 bridgehead atoms. The van der Waals surface area contributed by atoms with E-state index in [1.54, 1.807) is 6.07 Å². The third-order valence-corrected chi connectivity index (χ3v) is 22.5. The van der Waals surface area contributed by atoms with Crippen LogP contribution in [0.1, 0.15) is 150 Å². The highest BCUT2D eigenvalue weighted by molar-refractivity contribution is 8.00. The maximum absolute atomic E-state index is 13.9. The van der Waals surface area contributed by atoms with E-state index in [-0.39, 0.29) is 86.2 Å². The molecule has 2 saturated heterocycles. The number of halogens is 2. The standard InChI is InChI=1S/C76H90F2N10O16S3/c1-48-18-26-61-58(40-48)75(5,6)64(86(61)36-10-12-39-107(101,102)103)28-23-52-15-13-14-51(22-27-63-74(3,4)57-16-7-8-17-60(57)85(63)35-9-11-38-106(98,99)100)69(52)104-56-24-19-50(20-25-56)21-29-65(89)81-34-37-87-68(92)42-62(72(87)95)105-46-59(73(96)97)84-67(91)31-30-66(90)82-45-54-41-53(32-33-80-54)70(93)83-49(2)71(94)88-47-76(77,78)43-55(88)44-79/h7-8,16-20,22-28,32-33,40-41,49,55,59,62H,9-15,21,29-31,34-39,42-43,45-47H2,1-6H3,(H6-,81,82,83,84,89,90,91,93,96,97,98,99,100,101,102,103)/p+1/t49-,55-,59?,62?/m0/s1. The van der Waals surface area contributed by atoms with Crippen molar-refractivity contribution < 1.29 is 87.5 Å². The number of carboxylic acid groups (broad SMARTS) is 1. The van der Waals surface area contributed by atoms with E-state index in [0.29, 0.717) is 56.7 Å². The number of carbonyl (C=O) groups is 8. The zero-order chi connectivity index (χ0) is 77.8. The fraction of sp³-hybridized carbons (Fsp3) is 0.461. The van der Waals surface area contributed by atoms with Gasteiger partial charge in [0.05, 0.1) is 47.0 Å². The molecule has 107 heavy (non-hydrogen) atoms. The average molecular weight is 1530 g/mol. The van der Waals surface area contributed by atoms with Gasteiger partial charge < -0.3 is 40.9 Å². The molecule has 0 spiro atoms. The third-order valence-electron chi connectivity index (χ3n) is 19.6. The summed E-state index contributed by atoms with van der Waals surface area (Å²) in [5.74, 6) is -8.96. The number of nitriles is 1. The highest BCUT2D eigenvalue weighted by Gasteiger charge is 2.49. The van der Waals surface area contributed by atoms with Gasteiger partial charge >= 0.3 is 5.97 Å². The maximum atomic E-state index is 13.9. The smallest absolute Gasteiger partial charge is 0.327 e. The molecule has 4 atom stereocenters. The SMILES string of the molecule is Cc1ccc2c(c1)C(C)(C)C(=CC=C1CCCC(C=CC3=[N+](CCCCS(=O)(=O)O)c4ccccc4C3(C)C)=C1Oc1ccc(CCC(=O)NCCN3C(=O)CC(SCC(NC(=O)CCC(=O)NCc4cc(C(=O)N[C@@H](C)C(=O)N5CC(F)(F)C[C@H]5C#N)ccn4)C(=O)O)C3=O)cc1)N2CCCCS(=O)(=O)O. The van der Waals surface area contributed by atoms with Crippen LogP contribution in [0.25, 0.3) is 0 Å². The first kappa shape index (κ1) is 81.6. The molecular formula is C76H91F2N10O16S3+. The van der Waals surface area contributed by atoms with Crippen molar-refractivity contribution in [2.45, 2.75) is 172 Å². The number of para-hydroxylation sites is 1. The van der Waals surface area contributed by atoms with E-state index in [1.165, 1.54) is 25.3 Å². The van der Waals surface area contributed by atoms with Gasteiger partial charge in [0.1, 0.15) is 36.2 Å². The van der Waals surface area contributed by atoms with Crippen LogP contribution in [0.4, 0.5) is 20.2 Å². The minimum Gasteiger partial charge on any atom is -0.480 e. The van der Waals surface area contributed by atoms with Gasteiger partial charge in [-0.15, -0.1) is 11.8 Å². The molecule has 9 rings (SSSR count). The van der Waals surface area contributed by atoms with Gasteiger partial charge in [-0.05, 0) is 137 Å². The Labute approximate surface area is 625 Å². The number of aryl methyl sites for hydroxylation is 2. The molecule has 0 radical (unpaired) electrons. The fourth-order valence-corrected chi connectivity index (χ4v) is 16.2. The predicted molar refractivity (Wildman–Crippen MR) is 397 cm³/mol. The number of allylic oxidation sites excluding steroid dienone is 7. The molecule has 2 unspecified atom stereocenters. The lowest BCUT2D eigenvalue weighted by atomic mass is 9.81. The van der Waals surface area contributed by atoms with Crippen molar-refractivity contribution in [3.05, 3.63) is 165 Å². The van der Waals surface area contributed by atoms with E-state index in [1.807, 2.05) is 43.3 Å². The van der Waals surface area contributed by atoms with E-state index < -0.39 is 121 Å². The topological polar surface area (TPSA) is 372 Å². The van der Waals surface area contributed by atoms with E-state index >= 15 is 0 Å². The Morgan fingerprint density at radius 2 is 1.51 bits per heavy atom. The molecule has 1 aromatic heterocycles. The molecule has 2 fully saturated rings. The zero-order valence-corrected chi connectivity index (χ0v) is 63.0. The summed E-state index contributed by atoms with van der Waals surface area (Å²) in [7, 11) is -8.28. The number of nitrogens with zero attached hydrogens (tertiary/aromatic N) is 6. The molecule has 7 amide bonds. The molecular weight excluding hydrogens is 1440 g/mol. The van der Waals surface area contributed by atoms with Crippen LogP contribution in [0.3, 0.4) is 0 Å².